The van der Waals surface area contributed by atoms with Gasteiger partial charge >= 0.3 is 5.97 Å². The van der Waals surface area contributed by atoms with Crippen LogP contribution in [0.2, 0.25) is 0 Å². The van der Waals surface area contributed by atoms with Gasteiger partial charge in [0.2, 0.25) is 0 Å². The first kappa shape index (κ1) is 20.1. The van der Waals surface area contributed by atoms with Crippen LogP contribution in [0.3, 0.4) is 0 Å². The number of rotatable bonds is 7. The first-order chi connectivity index (χ1) is 13.6. The number of piperidine rings is 1. The van der Waals surface area contributed by atoms with Crippen molar-refractivity contribution in [3.8, 4) is 11.5 Å². The molecule has 0 N–H and O–H groups in total. The fourth-order valence-corrected chi connectivity index (χ4v) is 3.72. The highest BCUT2D eigenvalue weighted by atomic mass is 32.1. The fourth-order valence-electron chi connectivity index (χ4n) is 3.18. The summed E-state index contributed by atoms with van der Waals surface area (Å²) in [6, 6.07) is 5.12. The van der Waals surface area contributed by atoms with E-state index >= 15 is 0 Å². The smallest absolute Gasteiger partial charge is 0.310 e. The van der Waals surface area contributed by atoms with Crippen LogP contribution in [0, 0.1) is 5.92 Å². The minimum absolute atomic E-state index is 0.127. The molecule has 7 nitrogen and oxygen atoms in total. The molecule has 3 rings (SSSR count). The number of carbonyl (C=O) groups excluding carboxylic acids is 2. The summed E-state index contributed by atoms with van der Waals surface area (Å²) in [4.78, 5) is 30.8. The topological polar surface area (TPSA) is 78.0 Å². The van der Waals surface area contributed by atoms with E-state index in [0.717, 1.165) is 18.5 Å². The second-order valence-corrected chi connectivity index (χ2v) is 7.20. The van der Waals surface area contributed by atoms with Crippen molar-refractivity contribution < 1.29 is 23.8 Å². The van der Waals surface area contributed by atoms with E-state index in [0.29, 0.717) is 43.4 Å². The minimum atomic E-state index is -0.264. The Morgan fingerprint density at radius 1 is 1.32 bits per heavy atom. The van der Waals surface area contributed by atoms with E-state index in [-0.39, 0.29) is 17.8 Å². The van der Waals surface area contributed by atoms with Crippen molar-refractivity contribution in [1.29, 1.82) is 0 Å². The summed E-state index contributed by atoms with van der Waals surface area (Å²) >= 11 is 1.51. The Labute approximate surface area is 168 Å². The van der Waals surface area contributed by atoms with Gasteiger partial charge in [-0.15, -0.1) is 11.3 Å². The van der Waals surface area contributed by atoms with Crippen LogP contribution in [0.1, 0.15) is 35.8 Å². The molecule has 28 heavy (non-hydrogen) atoms. The average molecular weight is 404 g/mol. The lowest BCUT2D eigenvalue weighted by molar-refractivity contribution is -0.149. The molecule has 1 saturated heterocycles. The molecule has 1 aromatic carbocycles. The van der Waals surface area contributed by atoms with E-state index < -0.39 is 0 Å². The second kappa shape index (κ2) is 9.54. The molecule has 2 aromatic rings. The predicted molar refractivity (Wildman–Crippen MR) is 105 cm³/mol. The van der Waals surface area contributed by atoms with Gasteiger partial charge < -0.3 is 19.1 Å². The summed E-state index contributed by atoms with van der Waals surface area (Å²) < 4.78 is 16.3. The molecule has 0 radical (unpaired) electrons. The number of likely N-dealkylation sites (tertiary alicyclic amines) is 1. The molecule has 0 unspecified atom stereocenters. The molecule has 1 aromatic heterocycles. The molecule has 0 saturated carbocycles. The monoisotopic (exact) mass is 404 g/mol. The van der Waals surface area contributed by atoms with Crippen molar-refractivity contribution in [1.82, 2.24) is 9.88 Å². The molecule has 2 heterocycles. The lowest BCUT2D eigenvalue weighted by atomic mass is 9.97. The molecule has 8 heteroatoms. The third-order valence-corrected chi connectivity index (χ3v) is 5.23. The van der Waals surface area contributed by atoms with Crippen molar-refractivity contribution in [2.24, 2.45) is 5.92 Å². The third kappa shape index (κ3) is 4.81. The molecule has 150 valence electrons. The highest BCUT2D eigenvalue weighted by Crippen LogP contribution is 2.30. The summed E-state index contributed by atoms with van der Waals surface area (Å²) in [5, 5.41) is 1.92. The molecule has 0 spiro atoms. The fraction of sp³-hybridized carbons (Fsp3) is 0.450. The van der Waals surface area contributed by atoms with E-state index in [9.17, 15) is 9.59 Å². The van der Waals surface area contributed by atoms with Crippen LogP contribution in [0.5, 0.6) is 11.5 Å². The van der Waals surface area contributed by atoms with Crippen molar-refractivity contribution in [2.75, 3.05) is 26.8 Å². The van der Waals surface area contributed by atoms with Crippen LogP contribution in [0.15, 0.2) is 29.1 Å². The number of hydrogen-bond acceptors (Lipinski definition) is 7. The van der Waals surface area contributed by atoms with Gasteiger partial charge in [0.1, 0.15) is 6.61 Å². The van der Waals surface area contributed by atoms with Crippen LogP contribution in [-0.2, 0) is 16.1 Å². The van der Waals surface area contributed by atoms with E-state index in [1.807, 2.05) is 5.38 Å². The Hall–Kier alpha value is -2.61. The summed E-state index contributed by atoms with van der Waals surface area (Å²) in [5.41, 5.74) is 3.09. The standard InChI is InChI=1S/C20H24N2O5S/c1-3-26-20(24)15-5-4-8-22(10-15)19(23)14-6-7-17(18(9-14)25-2)27-11-16-12-28-13-21-16/h6-7,9,12-13,15H,3-5,8,10-11H2,1-2H3/t15-/m0/s1. The van der Waals surface area contributed by atoms with E-state index in [1.54, 1.807) is 35.5 Å². The van der Waals surface area contributed by atoms with Gasteiger partial charge in [0.15, 0.2) is 11.5 Å². The maximum Gasteiger partial charge on any atom is 0.310 e. The number of amides is 1. The molecule has 0 bridgehead atoms. The normalized spacial score (nSPS) is 16.5. The molecule has 1 amide bonds. The Kier molecular flexibility index (Phi) is 6.86. The molecule has 1 aliphatic rings. The van der Waals surface area contributed by atoms with Gasteiger partial charge in [-0.3, -0.25) is 9.59 Å². The summed E-state index contributed by atoms with van der Waals surface area (Å²) in [6.07, 6.45) is 1.52. The first-order valence-electron chi connectivity index (χ1n) is 9.26. The van der Waals surface area contributed by atoms with Crippen molar-refractivity contribution in [3.63, 3.8) is 0 Å². The summed E-state index contributed by atoms with van der Waals surface area (Å²) in [7, 11) is 1.54. The Morgan fingerprint density at radius 3 is 2.89 bits per heavy atom. The van der Waals surface area contributed by atoms with Gasteiger partial charge in [0.05, 0.1) is 30.8 Å². The summed E-state index contributed by atoms with van der Waals surface area (Å²) in [6.45, 7) is 3.47. The number of carbonyl (C=O) groups is 2. The van der Waals surface area contributed by atoms with Crippen molar-refractivity contribution in [3.05, 3.63) is 40.3 Å². The van der Waals surface area contributed by atoms with E-state index in [4.69, 9.17) is 14.2 Å². The predicted octanol–water partition coefficient (Wildman–Crippen LogP) is 3.15. The number of nitrogens with zero attached hydrogens (tertiary/aromatic N) is 2. The number of aromatic nitrogens is 1. The average Bonchev–Trinajstić information content (AvgIpc) is 3.25. The van der Waals surface area contributed by atoms with E-state index in [2.05, 4.69) is 4.98 Å². The number of benzene rings is 1. The molecule has 1 atom stereocenters. The number of thiazole rings is 1. The Balaban J connectivity index is 1.68. The molecule has 1 fully saturated rings. The molecule has 0 aliphatic carbocycles. The minimum Gasteiger partial charge on any atom is -0.493 e. The SMILES string of the molecule is CCOC(=O)[C@H]1CCCN(C(=O)c2ccc(OCc3cscn3)c(OC)c2)C1. The van der Waals surface area contributed by atoms with Crippen LogP contribution < -0.4 is 9.47 Å². The molecule has 1 aliphatic heterocycles. The number of hydrogen-bond donors (Lipinski definition) is 0. The highest BCUT2D eigenvalue weighted by molar-refractivity contribution is 7.07. The lowest BCUT2D eigenvalue weighted by Crippen LogP contribution is -2.42. The zero-order chi connectivity index (χ0) is 19.9. The number of ether oxygens (including phenoxy) is 3. The number of esters is 1. The van der Waals surface area contributed by atoms with Gasteiger partial charge in [-0.05, 0) is 38.0 Å². The van der Waals surface area contributed by atoms with Crippen LogP contribution in [0.25, 0.3) is 0 Å². The van der Waals surface area contributed by atoms with E-state index in [1.165, 1.54) is 18.4 Å². The van der Waals surface area contributed by atoms with Gasteiger partial charge in [0.25, 0.3) is 5.91 Å². The largest absolute Gasteiger partial charge is 0.493 e. The highest BCUT2D eigenvalue weighted by Gasteiger charge is 2.30. The lowest BCUT2D eigenvalue weighted by Gasteiger charge is -2.31. The van der Waals surface area contributed by atoms with Crippen LogP contribution >= 0.6 is 11.3 Å². The van der Waals surface area contributed by atoms with Gasteiger partial charge in [0, 0.05) is 24.0 Å². The zero-order valence-electron chi connectivity index (χ0n) is 16.1. The van der Waals surface area contributed by atoms with Crippen molar-refractivity contribution >= 4 is 23.2 Å². The van der Waals surface area contributed by atoms with Crippen LogP contribution in [-0.4, -0.2) is 48.6 Å². The number of methoxy groups -OCH3 is 1. The van der Waals surface area contributed by atoms with Gasteiger partial charge in [-0.25, -0.2) is 4.98 Å². The van der Waals surface area contributed by atoms with Gasteiger partial charge in [-0.2, -0.15) is 0 Å². The Morgan fingerprint density at radius 2 is 2.18 bits per heavy atom. The molecular weight excluding hydrogens is 380 g/mol. The maximum absolute atomic E-state index is 12.9. The zero-order valence-corrected chi connectivity index (χ0v) is 16.9. The van der Waals surface area contributed by atoms with Crippen LogP contribution in [0.4, 0.5) is 0 Å². The van der Waals surface area contributed by atoms with Crippen molar-refractivity contribution in [2.45, 2.75) is 26.4 Å². The Bertz CT molecular complexity index is 809. The second-order valence-electron chi connectivity index (χ2n) is 6.48. The molecular formula is C20H24N2O5S. The van der Waals surface area contributed by atoms with Gasteiger partial charge in [-0.1, -0.05) is 0 Å². The quantitative estimate of drug-likeness (QED) is 0.660. The first-order valence-corrected chi connectivity index (χ1v) is 10.2. The summed E-state index contributed by atoms with van der Waals surface area (Å²) in [5.74, 6) is 0.414. The maximum atomic E-state index is 12.9. The third-order valence-electron chi connectivity index (χ3n) is 4.60.